The van der Waals surface area contributed by atoms with Crippen LogP contribution in [0.3, 0.4) is 0 Å². The third kappa shape index (κ3) is 5.78. The van der Waals surface area contributed by atoms with E-state index in [1.807, 2.05) is 13.8 Å². The van der Waals surface area contributed by atoms with Crippen LogP contribution in [0.25, 0.3) is 0 Å². The molecule has 1 rings (SSSR count). The zero-order valence-electron chi connectivity index (χ0n) is 11.2. The molecule has 0 bridgehead atoms. The number of esters is 1. The fourth-order valence-electron chi connectivity index (χ4n) is 1.81. The summed E-state index contributed by atoms with van der Waals surface area (Å²) >= 11 is 0. The van der Waals surface area contributed by atoms with Gasteiger partial charge < -0.3 is 14.5 Å². The fourth-order valence-corrected chi connectivity index (χ4v) is 1.81. The van der Waals surface area contributed by atoms with E-state index in [-0.39, 0.29) is 38.7 Å². The Labute approximate surface area is 130 Å². The van der Waals surface area contributed by atoms with Crippen LogP contribution in [0.2, 0.25) is 0 Å². The van der Waals surface area contributed by atoms with Gasteiger partial charge in [0.2, 0.25) is 0 Å². The van der Waals surface area contributed by atoms with E-state index in [0.717, 1.165) is 39.1 Å². The Kier molecular flexibility index (Phi) is 8.05. The van der Waals surface area contributed by atoms with Crippen LogP contribution in [0.5, 0.6) is 0 Å². The number of carbonyl (C=O) groups is 1. The Bertz CT molecular complexity index is 239. The van der Waals surface area contributed by atoms with Gasteiger partial charge in [-0.3, -0.25) is 4.79 Å². The van der Waals surface area contributed by atoms with E-state index in [4.69, 9.17) is 0 Å². The molecule has 97 valence electrons. The van der Waals surface area contributed by atoms with Crippen LogP contribution in [0, 0.1) is 12.5 Å². The fraction of sp³-hybridized carbons (Fsp3) is 0.833. The van der Waals surface area contributed by atoms with E-state index in [9.17, 15) is 4.79 Å². The second-order valence-electron chi connectivity index (χ2n) is 5.21. The molecule has 0 aromatic carbocycles. The third-order valence-corrected chi connectivity index (χ3v) is 3.33. The summed E-state index contributed by atoms with van der Waals surface area (Å²) < 4.78 is 4.56. The molecule has 0 aromatic heterocycles. The SMILES string of the molecule is [CH2-]OC(=O)C(C)(C)CCN1CCN(C)CC1.[Y]. The quantitative estimate of drug-likeness (QED) is 0.572. The van der Waals surface area contributed by atoms with Crippen molar-refractivity contribution in [2.24, 2.45) is 5.41 Å². The number of carbonyl (C=O) groups excluding carboxylic acids is 1. The molecular formula is C12H23N2O2Y-. The Hall–Kier alpha value is 0.494. The molecule has 5 heteroatoms. The zero-order valence-corrected chi connectivity index (χ0v) is 14.1. The van der Waals surface area contributed by atoms with Crippen LogP contribution in [0.1, 0.15) is 20.3 Å². The van der Waals surface area contributed by atoms with Gasteiger partial charge in [-0.2, -0.15) is 7.11 Å². The van der Waals surface area contributed by atoms with Gasteiger partial charge in [0.1, 0.15) is 0 Å². The summed E-state index contributed by atoms with van der Waals surface area (Å²) in [4.78, 5) is 16.2. The number of ether oxygens (including phenoxy) is 1. The summed E-state index contributed by atoms with van der Waals surface area (Å²) in [6, 6.07) is 0. The standard InChI is InChI=1S/C12H23N2O2.Y/c1-12(2,11(15)16-4)5-6-14-9-7-13(3)8-10-14;/h4-10H2,1-3H3;/q-1;. The van der Waals surface area contributed by atoms with Gasteiger partial charge in [0, 0.05) is 58.9 Å². The van der Waals surface area contributed by atoms with Crippen LogP contribution in [-0.2, 0) is 42.2 Å². The number of hydrogen-bond acceptors (Lipinski definition) is 4. The molecule has 0 atom stereocenters. The molecule has 4 nitrogen and oxygen atoms in total. The van der Waals surface area contributed by atoms with Crippen molar-refractivity contribution in [1.82, 2.24) is 9.80 Å². The summed E-state index contributed by atoms with van der Waals surface area (Å²) in [7, 11) is 5.33. The van der Waals surface area contributed by atoms with E-state index in [1.54, 1.807) is 0 Å². The topological polar surface area (TPSA) is 32.8 Å². The Morgan fingerprint density at radius 3 is 2.29 bits per heavy atom. The summed E-state index contributed by atoms with van der Waals surface area (Å²) in [6.07, 6.45) is 0.824. The predicted octanol–water partition coefficient (Wildman–Crippen LogP) is 0.982. The Balaban J connectivity index is 0.00000256. The molecule has 0 spiro atoms. The normalized spacial score (nSPS) is 18.6. The van der Waals surface area contributed by atoms with Gasteiger partial charge in [-0.1, -0.05) is 0 Å². The van der Waals surface area contributed by atoms with Crippen molar-refractivity contribution in [3.8, 4) is 0 Å². The number of piperazine rings is 1. The first-order chi connectivity index (χ1) is 7.45. The van der Waals surface area contributed by atoms with Gasteiger partial charge in [0.25, 0.3) is 5.97 Å². The number of likely N-dealkylation sites (N-methyl/N-ethyl adjacent to an activating group) is 1. The van der Waals surface area contributed by atoms with Crippen molar-refractivity contribution >= 4 is 5.97 Å². The monoisotopic (exact) mass is 316 g/mol. The van der Waals surface area contributed by atoms with E-state index >= 15 is 0 Å². The first-order valence-electron chi connectivity index (χ1n) is 5.83. The van der Waals surface area contributed by atoms with E-state index in [1.165, 1.54) is 0 Å². The minimum atomic E-state index is -0.425. The molecule has 1 saturated heterocycles. The molecule has 1 heterocycles. The molecule has 1 aliphatic heterocycles. The van der Waals surface area contributed by atoms with Gasteiger partial charge in [0.05, 0.1) is 5.41 Å². The summed E-state index contributed by atoms with van der Waals surface area (Å²) in [5.41, 5.74) is -0.425. The minimum Gasteiger partial charge on any atom is -0.640 e. The van der Waals surface area contributed by atoms with Crippen LogP contribution in [-0.4, -0.2) is 55.5 Å². The second-order valence-corrected chi connectivity index (χ2v) is 5.21. The molecule has 0 aliphatic carbocycles. The molecule has 0 aromatic rings. The molecule has 1 radical (unpaired) electrons. The smallest absolute Gasteiger partial charge is 0.279 e. The minimum absolute atomic E-state index is 0. The van der Waals surface area contributed by atoms with Gasteiger partial charge in [-0.25, -0.2) is 0 Å². The van der Waals surface area contributed by atoms with Gasteiger partial charge in [0.15, 0.2) is 0 Å². The molecule has 17 heavy (non-hydrogen) atoms. The van der Waals surface area contributed by atoms with Crippen LogP contribution < -0.4 is 0 Å². The summed E-state index contributed by atoms with van der Waals surface area (Å²) in [5.74, 6) is -0.221. The van der Waals surface area contributed by atoms with Crippen molar-refractivity contribution in [1.29, 1.82) is 0 Å². The van der Waals surface area contributed by atoms with Crippen LogP contribution in [0.15, 0.2) is 0 Å². The summed E-state index contributed by atoms with van der Waals surface area (Å²) in [6.45, 7) is 9.18. The first-order valence-corrected chi connectivity index (χ1v) is 5.83. The molecule has 0 unspecified atom stereocenters. The average Bonchev–Trinajstić information content (AvgIpc) is 2.27. The second kappa shape index (κ2) is 7.83. The van der Waals surface area contributed by atoms with Crippen LogP contribution in [0.4, 0.5) is 0 Å². The van der Waals surface area contributed by atoms with E-state index in [0.29, 0.717) is 0 Å². The Morgan fingerprint density at radius 1 is 1.29 bits per heavy atom. The van der Waals surface area contributed by atoms with Crippen molar-refractivity contribution in [3.05, 3.63) is 7.11 Å². The Morgan fingerprint density at radius 2 is 1.82 bits per heavy atom. The molecule has 1 aliphatic rings. The van der Waals surface area contributed by atoms with Crippen LogP contribution >= 0.6 is 0 Å². The molecule has 1 fully saturated rings. The first kappa shape index (κ1) is 17.5. The largest absolute Gasteiger partial charge is 0.640 e. The van der Waals surface area contributed by atoms with E-state index < -0.39 is 5.41 Å². The zero-order chi connectivity index (χ0) is 12.2. The maximum atomic E-state index is 11.4. The van der Waals surface area contributed by atoms with Gasteiger partial charge >= 0.3 is 0 Å². The predicted molar refractivity (Wildman–Crippen MR) is 63.8 cm³/mol. The molecule has 0 saturated carbocycles. The number of hydrogen-bond donors (Lipinski definition) is 0. The van der Waals surface area contributed by atoms with Gasteiger partial charge in [-0.15, -0.1) is 0 Å². The van der Waals surface area contributed by atoms with Gasteiger partial charge in [-0.05, 0) is 33.9 Å². The van der Waals surface area contributed by atoms with Crippen molar-refractivity contribution in [3.63, 3.8) is 0 Å². The molecule has 0 amide bonds. The molecular weight excluding hydrogens is 293 g/mol. The maximum Gasteiger partial charge on any atom is 0.279 e. The van der Waals surface area contributed by atoms with Crippen molar-refractivity contribution in [2.75, 3.05) is 39.8 Å². The summed E-state index contributed by atoms with van der Waals surface area (Å²) in [5, 5.41) is 0. The van der Waals surface area contributed by atoms with Crippen molar-refractivity contribution in [2.45, 2.75) is 20.3 Å². The molecule has 0 N–H and O–H groups in total. The maximum absolute atomic E-state index is 11.4. The number of rotatable bonds is 4. The third-order valence-electron chi connectivity index (χ3n) is 3.33. The number of nitrogens with zero attached hydrogens (tertiary/aromatic N) is 2. The van der Waals surface area contributed by atoms with Crippen molar-refractivity contribution < 1.29 is 42.2 Å². The average molecular weight is 316 g/mol. The van der Waals surface area contributed by atoms with E-state index in [2.05, 4.69) is 28.7 Å².